The van der Waals surface area contributed by atoms with E-state index in [9.17, 15) is 0 Å². The van der Waals surface area contributed by atoms with E-state index in [4.69, 9.17) is 0 Å². The van der Waals surface area contributed by atoms with Gasteiger partial charge < -0.3 is 0 Å². The van der Waals surface area contributed by atoms with Crippen LogP contribution < -0.4 is 0 Å². The van der Waals surface area contributed by atoms with Crippen molar-refractivity contribution < 1.29 is 39.4 Å². The number of hydrogen-bond donors (Lipinski definition) is 0. The van der Waals surface area contributed by atoms with Crippen molar-refractivity contribution in [2.45, 2.75) is 0 Å². The van der Waals surface area contributed by atoms with E-state index in [1.165, 1.54) is 0 Å². The van der Waals surface area contributed by atoms with Gasteiger partial charge in [-0.1, -0.05) is 0 Å². The topological polar surface area (TPSA) is 0 Å². The third-order valence-electron chi connectivity index (χ3n) is 0. The van der Waals surface area contributed by atoms with Crippen molar-refractivity contribution in [2.24, 2.45) is 0 Å². The average Bonchev–Trinajstić information content (AvgIpc) is 0. The molecule has 0 aliphatic carbocycles. The van der Waals surface area contributed by atoms with E-state index in [1.54, 1.807) is 0 Å². The minimum atomic E-state index is 0. The van der Waals surface area contributed by atoms with Crippen LogP contribution in [-0.2, 0) is 39.4 Å². The summed E-state index contributed by atoms with van der Waals surface area (Å²) in [6.45, 7) is 0. The third-order valence-corrected chi connectivity index (χ3v) is 0. The number of rotatable bonds is 0. The van der Waals surface area contributed by atoms with Crippen LogP contribution in [0.3, 0.4) is 0 Å². The van der Waals surface area contributed by atoms with Crippen molar-refractivity contribution in [3.05, 3.63) is 0 Å². The molecular weight excluding hydrogens is 402 g/mol. The second-order valence-corrected chi connectivity index (χ2v) is 0. The third kappa shape index (κ3) is 8.95. The molecule has 0 aliphatic heterocycles. The first-order valence-electron chi connectivity index (χ1n) is 0. The Morgan fingerprint density at radius 2 is 1.00 bits per heavy atom. The monoisotopic (exact) mass is 404 g/mol. The zero-order valence-electron chi connectivity index (χ0n) is 1.31. The van der Waals surface area contributed by atoms with Gasteiger partial charge in [-0.05, 0) is 0 Å². The molecular formula is H3AgCuNaPb. The Labute approximate surface area is 94.3 Å². The molecule has 0 aliphatic rings. The molecule has 0 unspecified atom stereocenters. The molecule has 0 bridgehead atoms. The van der Waals surface area contributed by atoms with E-state index in [-0.39, 0.29) is 96.3 Å². The molecule has 4 radical (unpaired) electrons. The van der Waals surface area contributed by atoms with Crippen molar-refractivity contribution in [3.63, 3.8) is 0 Å². The van der Waals surface area contributed by atoms with Crippen LogP contribution in [0.5, 0.6) is 0 Å². The van der Waals surface area contributed by atoms with Crippen LogP contribution >= 0.6 is 0 Å². The van der Waals surface area contributed by atoms with Gasteiger partial charge in [-0.15, -0.1) is 0 Å². The van der Waals surface area contributed by atoms with Gasteiger partial charge in [0.1, 0.15) is 0 Å². The summed E-state index contributed by atoms with van der Waals surface area (Å²) in [5.41, 5.74) is 0. The Morgan fingerprint density at radius 1 is 1.00 bits per heavy atom. The van der Waals surface area contributed by atoms with Crippen LogP contribution in [0.1, 0.15) is 0 Å². The molecule has 4 heavy (non-hydrogen) atoms. The molecule has 0 rings (SSSR count). The molecule has 0 aromatic heterocycles. The molecule has 0 heterocycles. The Hall–Kier alpha value is 3.18. The van der Waals surface area contributed by atoms with E-state index in [0.29, 0.717) is 0 Å². The molecule has 0 nitrogen and oxygen atoms in total. The Kier molecular flexibility index (Phi) is 111. The first-order valence-corrected chi connectivity index (χ1v) is 0. The van der Waals surface area contributed by atoms with Gasteiger partial charge in [-0.25, -0.2) is 0 Å². The summed E-state index contributed by atoms with van der Waals surface area (Å²) in [5, 5.41) is 0. The van der Waals surface area contributed by atoms with Gasteiger partial charge in [-0.2, -0.15) is 0 Å². The van der Waals surface area contributed by atoms with Gasteiger partial charge in [0.05, 0.1) is 0 Å². The quantitative estimate of drug-likeness (QED) is 0.428. The molecule has 0 amide bonds. The molecule has 0 spiro atoms. The van der Waals surface area contributed by atoms with Gasteiger partial charge in [-0.3, -0.25) is 0 Å². The first kappa shape index (κ1) is 27.1. The van der Waals surface area contributed by atoms with Gasteiger partial charge in [0.25, 0.3) is 0 Å². The molecule has 0 atom stereocenters. The predicted molar refractivity (Wildman–Crippen MR) is 15.7 cm³/mol. The van der Waals surface area contributed by atoms with Crippen LogP contribution in [0.4, 0.5) is 0 Å². The van der Waals surface area contributed by atoms with Crippen LogP contribution in [0.15, 0.2) is 0 Å². The minimum absolute atomic E-state index is 0. The SMILES string of the molecule is [Ag].[Cu].[NaH].[PbH2]. The zero-order chi connectivity index (χ0) is 0. The van der Waals surface area contributed by atoms with Crippen LogP contribution in [-0.4, -0.2) is 56.9 Å². The summed E-state index contributed by atoms with van der Waals surface area (Å²) in [4.78, 5) is 0. The van der Waals surface area contributed by atoms with Crippen molar-refractivity contribution in [3.8, 4) is 0 Å². The molecule has 0 N–H and O–H groups in total. The fraction of sp³-hybridized carbons (Fsp3) is 0. The van der Waals surface area contributed by atoms with E-state index >= 15 is 0 Å². The molecule has 0 aromatic carbocycles. The summed E-state index contributed by atoms with van der Waals surface area (Å²) < 4.78 is 0. The predicted octanol–water partition coefficient (Wildman–Crippen LogP) is -1.57. The van der Waals surface area contributed by atoms with E-state index < -0.39 is 0 Å². The maximum atomic E-state index is 0. The van der Waals surface area contributed by atoms with Gasteiger partial charge >= 0.3 is 56.9 Å². The molecule has 0 aromatic rings. The normalized spacial score (nSPS) is 0. The van der Waals surface area contributed by atoms with Crippen LogP contribution in [0.25, 0.3) is 0 Å². The second kappa shape index (κ2) is 16.4. The first-order chi connectivity index (χ1) is 0. The van der Waals surface area contributed by atoms with E-state index in [0.717, 1.165) is 0 Å². The summed E-state index contributed by atoms with van der Waals surface area (Å²) >= 11 is 0. The van der Waals surface area contributed by atoms with Gasteiger partial charge in [0.2, 0.25) is 0 Å². The standard InChI is InChI=1S/Ag.Cu.Na.Pb.3H. The summed E-state index contributed by atoms with van der Waals surface area (Å²) in [6.07, 6.45) is 0. The van der Waals surface area contributed by atoms with Gasteiger partial charge in [0, 0.05) is 39.4 Å². The second-order valence-electron chi connectivity index (χ2n) is 0. The molecule has 30 valence electrons. The van der Waals surface area contributed by atoms with Gasteiger partial charge in [0.15, 0.2) is 0 Å². The maximum absolute atomic E-state index is 0. The summed E-state index contributed by atoms with van der Waals surface area (Å²) in [5.74, 6) is 0. The molecule has 0 saturated carbocycles. The zero-order valence-corrected chi connectivity index (χ0v) is 9.23. The van der Waals surface area contributed by atoms with Crippen molar-refractivity contribution in [1.82, 2.24) is 0 Å². The summed E-state index contributed by atoms with van der Waals surface area (Å²) in [6, 6.07) is 0. The van der Waals surface area contributed by atoms with Crippen molar-refractivity contribution in [1.29, 1.82) is 0 Å². The molecule has 0 fully saturated rings. The Bertz CT molecular complexity index is 8.00. The fourth-order valence-electron chi connectivity index (χ4n) is 0. The van der Waals surface area contributed by atoms with Crippen molar-refractivity contribution in [2.75, 3.05) is 0 Å². The van der Waals surface area contributed by atoms with E-state index in [1.807, 2.05) is 0 Å². The average molecular weight is 405 g/mol. The Morgan fingerprint density at radius 3 is 1.00 bits per heavy atom. The van der Waals surface area contributed by atoms with E-state index in [2.05, 4.69) is 0 Å². The fourth-order valence-corrected chi connectivity index (χ4v) is 0. The van der Waals surface area contributed by atoms with Crippen LogP contribution in [0, 0.1) is 0 Å². The summed E-state index contributed by atoms with van der Waals surface area (Å²) in [7, 11) is 0. The molecule has 0 saturated heterocycles. The van der Waals surface area contributed by atoms with Crippen LogP contribution in [0.2, 0.25) is 0 Å². The Balaban J connectivity index is 0. The number of hydrogen-bond acceptors (Lipinski definition) is 0. The molecule has 4 heteroatoms. The van der Waals surface area contributed by atoms with Crippen molar-refractivity contribution >= 4 is 56.9 Å².